The third-order valence-corrected chi connectivity index (χ3v) is 13.2. The summed E-state index contributed by atoms with van der Waals surface area (Å²) in [5.74, 6) is 0.572. The van der Waals surface area contributed by atoms with Gasteiger partial charge in [0, 0.05) is 53.0 Å². The first-order valence-electron chi connectivity index (χ1n) is 28.0. The fraction of sp³-hybridized carbons (Fsp3) is 0.391. The number of benzene rings is 4. The first kappa shape index (κ1) is 58.4. The van der Waals surface area contributed by atoms with E-state index in [0.29, 0.717) is 54.5 Å². The van der Waals surface area contributed by atoms with Crippen molar-refractivity contribution in [3.05, 3.63) is 179 Å². The van der Waals surface area contributed by atoms with Crippen LogP contribution in [-0.4, -0.2) is 52.3 Å². The fourth-order valence-electron chi connectivity index (χ4n) is 9.73. The summed E-state index contributed by atoms with van der Waals surface area (Å²) >= 11 is 0. The molecule has 0 aliphatic heterocycles. The minimum Gasteiger partial charge on any atom is -0.306 e. The van der Waals surface area contributed by atoms with E-state index in [-0.39, 0.29) is 50.7 Å². The number of carbonyl (C=O) groups is 3. The predicted molar refractivity (Wildman–Crippen MR) is 324 cm³/mol. The zero-order chi connectivity index (χ0) is 56.7. The maximum absolute atomic E-state index is 15.5. The molecule has 7 rings (SSSR count). The Bertz CT molecular complexity index is 2770. The minimum atomic E-state index is -0.359. The van der Waals surface area contributed by atoms with Crippen molar-refractivity contribution in [2.24, 2.45) is 34.0 Å². The van der Waals surface area contributed by atoms with Gasteiger partial charge in [0.05, 0.1) is 52.7 Å². The quantitative estimate of drug-likeness (QED) is 0.0849. The number of hydrogen-bond donors (Lipinski definition) is 0. The largest absolute Gasteiger partial charge is 0.306 e. The molecule has 3 heterocycles. The summed E-state index contributed by atoms with van der Waals surface area (Å²) in [6, 6.07) is 42.0. The van der Waals surface area contributed by atoms with Crippen molar-refractivity contribution in [3.8, 4) is 33.8 Å². The number of carbonyl (C=O) groups excluding carboxylic acids is 3. The molecule has 0 radical (unpaired) electrons. The van der Waals surface area contributed by atoms with Crippen molar-refractivity contribution in [1.82, 2.24) is 15.0 Å². The average Bonchev–Trinajstić information content (AvgIpc) is 3.38. The number of nitrogens with zero attached hydrogens (tertiary/aromatic N) is 6. The van der Waals surface area contributed by atoms with Crippen LogP contribution in [0.5, 0.6) is 0 Å². The molecule has 0 N–H and O–H groups in total. The number of anilines is 3. The van der Waals surface area contributed by atoms with Crippen LogP contribution in [0, 0.1) is 34.0 Å². The van der Waals surface area contributed by atoms with Gasteiger partial charge in [-0.05, 0) is 125 Å². The van der Waals surface area contributed by atoms with Crippen molar-refractivity contribution in [2.75, 3.05) is 34.3 Å². The van der Waals surface area contributed by atoms with Gasteiger partial charge in [0.1, 0.15) is 0 Å². The second-order valence-electron chi connectivity index (χ2n) is 26.2. The minimum absolute atomic E-state index is 0.202. The Balaban J connectivity index is 1.32. The molecule has 0 unspecified atom stereocenters. The van der Waals surface area contributed by atoms with Crippen LogP contribution in [0.15, 0.2) is 146 Å². The lowest BCUT2D eigenvalue weighted by atomic mass is 9.93. The van der Waals surface area contributed by atoms with Gasteiger partial charge < -0.3 is 14.7 Å². The van der Waals surface area contributed by atoms with Crippen molar-refractivity contribution in [1.29, 1.82) is 0 Å². The first-order chi connectivity index (χ1) is 36.7. The van der Waals surface area contributed by atoms with Crippen LogP contribution in [0.1, 0.15) is 152 Å². The normalized spacial score (nSPS) is 12.1. The molecule has 9 nitrogen and oxygen atoms in total. The van der Waals surface area contributed by atoms with Gasteiger partial charge >= 0.3 is 0 Å². The monoisotopic (exact) mass is 1040 g/mol. The summed E-state index contributed by atoms with van der Waals surface area (Å²) in [5, 5.41) is 0. The highest BCUT2D eigenvalue weighted by atomic mass is 16.2. The van der Waals surface area contributed by atoms with Gasteiger partial charge in [-0.15, -0.1) is 0 Å². The Morgan fingerprint density at radius 3 is 0.769 bits per heavy atom. The Labute approximate surface area is 466 Å². The van der Waals surface area contributed by atoms with Gasteiger partial charge in [-0.2, -0.15) is 0 Å². The number of pyridine rings is 3. The Morgan fingerprint density at radius 1 is 0.359 bits per heavy atom. The van der Waals surface area contributed by atoms with Crippen LogP contribution in [-0.2, 0) is 19.3 Å². The lowest BCUT2D eigenvalue weighted by Gasteiger charge is -2.32. The van der Waals surface area contributed by atoms with E-state index in [1.807, 2.05) is 36.4 Å². The molecule has 0 saturated heterocycles. The van der Waals surface area contributed by atoms with E-state index in [4.69, 9.17) is 15.0 Å². The lowest BCUT2D eigenvalue weighted by molar-refractivity contribution is 0.0977. The first-order valence-corrected chi connectivity index (χ1v) is 28.0. The van der Waals surface area contributed by atoms with Gasteiger partial charge in [0.15, 0.2) is 0 Å². The molecular weight excluding hydrogens is 961 g/mol. The molecule has 78 heavy (non-hydrogen) atoms. The summed E-state index contributed by atoms with van der Waals surface area (Å²) in [4.78, 5) is 66.4. The molecule has 7 aromatic rings. The molecule has 9 heteroatoms. The topological polar surface area (TPSA) is 99.6 Å². The second-order valence-corrected chi connectivity index (χ2v) is 26.2. The van der Waals surface area contributed by atoms with Crippen LogP contribution >= 0.6 is 0 Å². The molecule has 3 amide bonds. The Hall–Kier alpha value is -7.26. The van der Waals surface area contributed by atoms with Crippen molar-refractivity contribution in [3.63, 3.8) is 0 Å². The summed E-state index contributed by atoms with van der Waals surface area (Å²) in [6.07, 6.45) is 8.22. The smallest absolute Gasteiger partial charge is 0.258 e. The maximum Gasteiger partial charge on any atom is 0.258 e. The van der Waals surface area contributed by atoms with E-state index in [0.717, 1.165) is 53.0 Å². The van der Waals surface area contributed by atoms with Gasteiger partial charge in [-0.3, -0.25) is 29.3 Å². The molecule has 0 fully saturated rings. The zero-order valence-corrected chi connectivity index (χ0v) is 49.2. The third-order valence-electron chi connectivity index (χ3n) is 13.2. The standard InChI is InChI=1S/C69H84N6O3/c1-46(2)34-49-16-22-52(23-17-49)61-31-28-58(40-70-61)73(43-67(7,8)9)64(76)55-37-56(65(77)74(44-68(10,11)12)59-29-32-62(71-41-59)53-24-18-50(19-25-53)35-47(3)4)39-57(38-55)66(78)75(45-69(13,14)15)60-30-33-63(72-42-60)54-26-20-51(21-27-54)36-48(5)6/h16-33,37-42,46-48H,34-36,43-45H2,1-15H3. The third kappa shape index (κ3) is 16.2. The SMILES string of the molecule is CC(C)Cc1ccc(-c2ccc(N(CC(C)(C)C)C(=O)c3cc(C(=O)N(CC(C)(C)C)c4ccc(-c5ccc(CC(C)C)cc5)nc4)cc(C(=O)N(CC(C)(C)C)c4ccc(-c5ccc(CC(C)C)cc5)nc4)c3)cn2)cc1. The highest BCUT2D eigenvalue weighted by molar-refractivity contribution is 6.14. The Morgan fingerprint density at radius 2 is 0.590 bits per heavy atom. The summed E-state index contributed by atoms with van der Waals surface area (Å²) in [7, 11) is 0. The van der Waals surface area contributed by atoms with Gasteiger partial charge in [-0.1, -0.05) is 177 Å². The zero-order valence-electron chi connectivity index (χ0n) is 49.2. The number of aromatic nitrogens is 3. The van der Waals surface area contributed by atoms with Gasteiger partial charge in [0.2, 0.25) is 0 Å². The molecule has 0 bridgehead atoms. The number of amides is 3. The van der Waals surface area contributed by atoms with Crippen molar-refractivity contribution in [2.45, 2.75) is 123 Å². The average molecular weight is 1050 g/mol. The van der Waals surface area contributed by atoms with E-state index in [9.17, 15) is 0 Å². The van der Waals surface area contributed by atoms with Crippen molar-refractivity contribution >= 4 is 34.8 Å². The van der Waals surface area contributed by atoms with Gasteiger partial charge in [-0.25, -0.2) is 0 Å². The van der Waals surface area contributed by atoms with E-state index < -0.39 is 0 Å². The number of hydrogen-bond acceptors (Lipinski definition) is 6. The summed E-state index contributed by atoms with van der Waals surface area (Å²) < 4.78 is 0. The molecular formula is C69H84N6O3. The molecule has 0 atom stereocenters. The molecule has 3 aromatic heterocycles. The lowest BCUT2D eigenvalue weighted by Crippen LogP contribution is -2.40. The van der Waals surface area contributed by atoms with E-state index in [1.54, 1.807) is 51.5 Å². The molecule has 0 spiro atoms. The highest BCUT2D eigenvalue weighted by Crippen LogP contribution is 2.32. The van der Waals surface area contributed by atoms with Crippen LogP contribution < -0.4 is 14.7 Å². The molecule has 0 saturated carbocycles. The molecule has 0 aliphatic rings. The summed E-state index contributed by atoms with van der Waals surface area (Å²) in [5.41, 5.74) is 10.5. The van der Waals surface area contributed by atoms with Crippen LogP contribution in [0.25, 0.3) is 33.8 Å². The van der Waals surface area contributed by atoms with Crippen LogP contribution in [0.4, 0.5) is 17.1 Å². The van der Waals surface area contributed by atoms with E-state index in [2.05, 4.69) is 177 Å². The molecule has 0 aliphatic carbocycles. The van der Waals surface area contributed by atoms with Crippen LogP contribution in [0.2, 0.25) is 0 Å². The maximum atomic E-state index is 15.5. The predicted octanol–water partition coefficient (Wildman–Crippen LogP) is 16.5. The fourth-order valence-corrected chi connectivity index (χ4v) is 9.73. The van der Waals surface area contributed by atoms with E-state index >= 15 is 14.4 Å². The number of rotatable bonds is 18. The van der Waals surface area contributed by atoms with Crippen molar-refractivity contribution < 1.29 is 14.4 Å². The molecule has 408 valence electrons. The highest BCUT2D eigenvalue weighted by Gasteiger charge is 2.31. The summed E-state index contributed by atoms with van der Waals surface area (Å²) in [6.45, 7) is 33.0. The van der Waals surface area contributed by atoms with Crippen LogP contribution in [0.3, 0.4) is 0 Å². The second kappa shape index (κ2) is 24.6. The molecule has 4 aromatic carbocycles. The van der Waals surface area contributed by atoms with E-state index in [1.165, 1.54) is 16.7 Å². The van der Waals surface area contributed by atoms with Gasteiger partial charge in [0.25, 0.3) is 17.7 Å². The Kier molecular flexibility index (Phi) is 18.4.